The zero-order chi connectivity index (χ0) is 16.5. The predicted molar refractivity (Wildman–Crippen MR) is 85.3 cm³/mol. The van der Waals surface area contributed by atoms with Gasteiger partial charge in [0.15, 0.2) is 0 Å². The maximum absolute atomic E-state index is 12.7. The quantitative estimate of drug-likeness (QED) is 0.743. The average molecular weight is 310 g/mol. The molecule has 0 aromatic carbocycles. The molecule has 2 fully saturated rings. The lowest BCUT2D eigenvalue weighted by atomic mass is 9.90. The second-order valence-corrected chi connectivity index (χ2v) is 7.80. The molecule has 5 nitrogen and oxygen atoms in total. The van der Waals surface area contributed by atoms with Gasteiger partial charge >= 0.3 is 0 Å². The lowest BCUT2D eigenvalue weighted by Gasteiger charge is -2.41. The Hall–Kier alpha value is -1.10. The molecule has 2 aliphatic rings. The Labute approximate surface area is 134 Å². The van der Waals surface area contributed by atoms with Gasteiger partial charge in [-0.05, 0) is 26.7 Å². The van der Waals surface area contributed by atoms with Crippen molar-refractivity contribution in [1.82, 2.24) is 9.80 Å². The number of carbonyl (C=O) groups is 2. The minimum Gasteiger partial charge on any atom is -0.375 e. The summed E-state index contributed by atoms with van der Waals surface area (Å²) in [6.45, 7) is 12.6. The average Bonchev–Trinajstić information content (AvgIpc) is 2.47. The van der Waals surface area contributed by atoms with E-state index < -0.39 is 0 Å². The number of piperidine rings is 1. The maximum Gasteiger partial charge on any atom is 0.227 e. The van der Waals surface area contributed by atoms with Crippen LogP contribution in [0.5, 0.6) is 0 Å². The molecule has 2 amide bonds. The van der Waals surface area contributed by atoms with E-state index in [9.17, 15) is 9.59 Å². The Morgan fingerprint density at radius 2 is 1.68 bits per heavy atom. The molecular formula is C17H30N2O3. The summed E-state index contributed by atoms with van der Waals surface area (Å²) in [4.78, 5) is 28.9. The summed E-state index contributed by atoms with van der Waals surface area (Å²) in [5.74, 6) is 0.481. The van der Waals surface area contributed by atoms with Crippen LogP contribution in [0.15, 0.2) is 0 Å². The zero-order valence-electron chi connectivity index (χ0n) is 14.6. The molecule has 2 rings (SSSR count). The Morgan fingerprint density at radius 3 is 2.23 bits per heavy atom. The van der Waals surface area contributed by atoms with E-state index in [2.05, 4.69) is 0 Å². The van der Waals surface area contributed by atoms with Gasteiger partial charge in [-0.15, -0.1) is 0 Å². The molecule has 0 spiro atoms. The van der Waals surface area contributed by atoms with Crippen molar-refractivity contribution in [3.63, 3.8) is 0 Å². The van der Waals surface area contributed by atoms with Crippen LogP contribution in [0.3, 0.4) is 0 Å². The highest BCUT2D eigenvalue weighted by molar-refractivity contribution is 5.83. The maximum atomic E-state index is 12.7. The first-order chi connectivity index (χ1) is 10.2. The van der Waals surface area contributed by atoms with E-state index in [1.807, 2.05) is 44.4 Å². The number of likely N-dealkylation sites (tertiary alicyclic amines) is 1. The molecule has 0 aliphatic carbocycles. The number of nitrogens with zero attached hydrogens (tertiary/aromatic N) is 2. The molecule has 0 aromatic rings. The van der Waals surface area contributed by atoms with Crippen molar-refractivity contribution >= 4 is 11.8 Å². The fraction of sp³-hybridized carbons (Fsp3) is 0.882. The van der Waals surface area contributed by atoms with Gasteiger partial charge in [0.2, 0.25) is 11.8 Å². The van der Waals surface area contributed by atoms with E-state index in [1.54, 1.807) is 0 Å². The van der Waals surface area contributed by atoms with Crippen molar-refractivity contribution in [1.29, 1.82) is 0 Å². The van der Waals surface area contributed by atoms with Gasteiger partial charge in [-0.3, -0.25) is 9.59 Å². The van der Waals surface area contributed by atoms with E-state index in [0.717, 1.165) is 12.8 Å². The number of amides is 2. The lowest BCUT2D eigenvalue weighted by Crippen LogP contribution is -2.54. The highest BCUT2D eigenvalue weighted by Gasteiger charge is 2.36. The fourth-order valence-electron chi connectivity index (χ4n) is 3.25. The van der Waals surface area contributed by atoms with Crippen molar-refractivity contribution in [3.05, 3.63) is 0 Å². The SMILES string of the molecule is CC1CN(C(=O)C2CCN(C(=O)C(C)(C)C)CC2)C(C)CO1. The molecule has 126 valence electrons. The third kappa shape index (κ3) is 3.80. The number of ether oxygens (including phenoxy) is 1. The molecule has 0 bridgehead atoms. The molecule has 2 heterocycles. The van der Waals surface area contributed by atoms with Gasteiger partial charge in [-0.1, -0.05) is 20.8 Å². The number of carbonyl (C=O) groups excluding carboxylic acids is 2. The van der Waals surface area contributed by atoms with Crippen LogP contribution < -0.4 is 0 Å². The lowest BCUT2D eigenvalue weighted by molar-refractivity contribution is -0.151. The van der Waals surface area contributed by atoms with Crippen molar-refractivity contribution < 1.29 is 14.3 Å². The van der Waals surface area contributed by atoms with Crippen LogP contribution in [0.1, 0.15) is 47.5 Å². The smallest absolute Gasteiger partial charge is 0.227 e. The summed E-state index contributed by atoms with van der Waals surface area (Å²) in [5.41, 5.74) is -0.342. The first-order valence-corrected chi connectivity index (χ1v) is 8.41. The fourth-order valence-corrected chi connectivity index (χ4v) is 3.25. The molecule has 2 unspecified atom stereocenters. The summed E-state index contributed by atoms with van der Waals surface area (Å²) in [6, 6.07) is 0.151. The second kappa shape index (κ2) is 6.57. The van der Waals surface area contributed by atoms with Crippen LogP contribution in [0, 0.1) is 11.3 Å². The third-order valence-corrected chi connectivity index (χ3v) is 4.66. The second-order valence-electron chi connectivity index (χ2n) is 7.80. The number of hydrogen-bond acceptors (Lipinski definition) is 3. The minimum atomic E-state index is -0.342. The molecule has 2 atom stereocenters. The molecule has 2 saturated heterocycles. The molecule has 5 heteroatoms. The molecule has 0 N–H and O–H groups in total. The Morgan fingerprint density at radius 1 is 1.09 bits per heavy atom. The van der Waals surface area contributed by atoms with E-state index in [-0.39, 0.29) is 35.3 Å². The van der Waals surface area contributed by atoms with E-state index in [4.69, 9.17) is 4.74 Å². The first-order valence-electron chi connectivity index (χ1n) is 8.41. The van der Waals surface area contributed by atoms with Gasteiger partial charge in [0.1, 0.15) is 0 Å². The van der Waals surface area contributed by atoms with Crippen molar-refractivity contribution in [2.75, 3.05) is 26.2 Å². The zero-order valence-corrected chi connectivity index (χ0v) is 14.6. The van der Waals surface area contributed by atoms with Crippen LogP contribution >= 0.6 is 0 Å². The van der Waals surface area contributed by atoms with Crippen LogP contribution in [-0.4, -0.2) is 60.0 Å². The summed E-state index contributed by atoms with van der Waals surface area (Å²) < 4.78 is 5.60. The minimum absolute atomic E-state index is 0.0526. The summed E-state index contributed by atoms with van der Waals surface area (Å²) in [7, 11) is 0. The van der Waals surface area contributed by atoms with E-state index >= 15 is 0 Å². The number of morpholine rings is 1. The normalized spacial score (nSPS) is 27.9. The Bertz CT molecular complexity index is 422. The molecule has 0 radical (unpaired) electrons. The molecule has 2 aliphatic heterocycles. The largest absolute Gasteiger partial charge is 0.375 e. The molecule has 0 saturated carbocycles. The first kappa shape index (κ1) is 17.3. The van der Waals surface area contributed by atoms with Gasteiger partial charge in [-0.25, -0.2) is 0 Å². The standard InChI is InChI=1S/C17H30N2O3/c1-12-11-22-13(2)10-19(12)15(20)14-6-8-18(9-7-14)16(21)17(3,4)5/h12-14H,6-11H2,1-5H3. The number of hydrogen-bond donors (Lipinski definition) is 0. The van der Waals surface area contributed by atoms with E-state index in [1.165, 1.54) is 0 Å². The van der Waals surface area contributed by atoms with Gasteiger partial charge in [0.05, 0.1) is 18.8 Å². The van der Waals surface area contributed by atoms with Crippen LogP contribution in [0.2, 0.25) is 0 Å². The van der Waals surface area contributed by atoms with Crippen LogP contribution in [-0.2, 0) is 14.3 Å². The van der Waals surface area contributed by atoms with Crippen molar-refractivity contribution in [3.8, 4) is 0 Å². The Balaban J connectivity index is 1.91. The number of rotatable bonds is 1. The van der Waals surface area contributed by atoms with Gasteiger partial charge in [0, 0.05) is 31.0 Å². The Kier molecular flexibility index (Phi) is 5.15. The molecular weight excluding hydrogens is 280 g/mol. The summed E-state index contributed by atoms with van der Waals surface area (Å²) in [5, 5.41) is 0. The van der Waals surface area contributed by atoms with E-state index in [0.29, 0.717) is 26.2 Å². The predicted octanol–water partition coefficient (Wildman–Crippen LogP) is 1.91. The van der Waals surface area contributed by atoms with Gasteiger partial charge < -0.3 is 14.5 Å². The highest BCUT2D eigenvalue weighted by atomic mass is 16.5. The van der Waals surface area contributed by atoms with Crippen LogP contribution in [0.25, 0.3) is 0 Å². The highest BCUT2D eigenvalue weighted by Crippen LogP contribution is 2.26. The van der Waals surface area contributed by atoms with Gasteiger partial charge in [-0.2, -0.15) is 0 Å². The topological polar surface area (TPSA) is 49.9 Å². The van der Waals surface area contributed by atoms with Gasteiger partial charge in [0.25, 0.3) is 0 Å². The van der Waals surface area contributed by atoms with Crippen molar-refractivity contribution in [2.45, 2.75) is 59.6 Å². The summed E-state index contributed by atoms with van der Waals surface area (Å²) >= 11 is 0. The third-order valence-electron chi connectivity index (χ3n) is 4.66. The van der Waals surface area contributed by atoms with Crippen LogP contribution in [0.4, 0.5) is 0 Å². The summed E-state index contributed by atoms with van der Waals surface area (Å²) in [6.07, 6.45) is 1.67. The molecule has 22 heavy (non-hydrogen) atoms. The molecule has 0 aromatic heterocycles. The van der Waals surface area contributed by atoms with Crippen molar-refractivity contribution in [2.24, 2.45) is 11.3 Å². The monoisotopic (exact) mass is 310 g/mol.